The number of fused-ring (bicyclic) bond motifs is 1. The molecular formula is C21H17N5O2. The summed E-state index contributed by atoms with van der Waals surface area (Å²) in [7, 11) is 0. The van der Waals surface area contributed by atoms with E-state index in [1.54, 1.807) is 22.7 Å². The van der Waals surface area contributed by atoms with E-state index in [1.807, 2.05) is 48.5 Å². The van der Waals surface area contributed by atoms with Crippen molar-refractivity contribution in [3.8, 4) is 11.3 Å². The van der Waals surface area contributed by atoms with Gasteiger partial charge < -0.3 is 5.32 Å². The number of anilines is 1. The summed E-state index contributed by atoms with van der Waals surface area (Å²) in [6.45, 7) is 0. The van der Waals surface area contributed by atoms with Crippen molar-refractivity contribution in [1.29, 1.82) is 0 Å². The minimum atomic E-state index is -0.205. The quantitative estimate of drug-likeness (QED) is 0.525. The molecule has 138 valence electrons. The lowest BCUT2D eigenvalue weighted by Crippen LogP contribution is -2.13. The van der Waals surface area contributed by atoms with Crippen molar-refractivity contribution in [1.82, 2.24) is 19.8 Å². The fourth-order valence-electron chi connectivity index (χ4n) is 2.86. The Labute approximate surface area is 161 Å². The summed E-state index contributed by atoms with van der Waals surface area (Å²) < 4.78 is 1.59. The zero-order valence-electron chi connectivity index (χ0n) is 14.9. The van der Waals surface area contributed by atoms with E-state index in [0.717, 1.165) is 11.3 Å². The lowest BCUT2D eigenvalue weighted by molar-refractivity contribution is -0.116. The number of benzene rings is 2. The molecule has 0 atom stereocenters. The maximum absolute atomic E-state index is 12.2. The van der Waals surface area contributed by atoms with Gasteiger partial charge in [0.25, 0.3) is 0 Å². The van der Waals surface area contributed by atoms with Crippen LogP contribution >= 0.6 is 0 Å². The third kappa shape index (κ3) is 3.93. The van der Waals surface area contributed by atoms with Crippen LogP contribution in [-0.4, -0.2) is 31.5 Å². The molecule has 0 aliphatic rings. The van der Waals surface area contributed by atoms with E-state index < -0.39 is 0 Å². The van der Waals surface area contributed by atoms with Crippen LogP contribution in [0.4, 0.5) is 5.69 Å². The van der Waals surface area contributed by atoms with Crippen LogP contribution in [0.25, 0.3) is 16.9 Å². The standard InChI is InChI=1S/C21H17N5O2/c27-19(15-5-2-1-3-6-15)10-12-21(28)23-17-8-4-7-16(13-17)18-9-11-20-24-22-14-26(20)25-18/h1-9,11,13-14H,10,12H2,(H,23,28). The van der Waals surface area contributed by atoms with E-state index in [0.29, 0.717) is 16.9 Å². The van der Waals surface area contributed by atoms with E-state index in [9.17, 15) is 9.59 Å². The smallest absolute Gasteiger partial charge is 0.224 e. The molecule has 0 saturated heterocycles. The van der Waals surface area contributed by atoms with Gasteiger partial charge in [0.1, 0.15) is 6.33 Å². The van der Waals surface area contributed by atoms with E-state index in [4.69, 9.17) is 0 Å². The highest BCUT2D eigenvalue weighted by Gasteiger charge is 2.10. The minimum absolute atomic E-state index is 0.0454. The van der Waals surface area contributed by atoms with Crippen molar-refractivity contribution in [2.24, 2.45) is 0 Å². The monoisotopic (exact) mass is 371 g/mol. The average Bonchev–Trinajstić information content (AvgIpc) is 3.21. The third-order valence-electron chi connectivity index (χ3n) is 4.28. The van der Waals surface area contributed by atoms with Gasteiger partial charge >= 0.3 is 0 Å². The second-order valence-corrected chi connectivity index (χ2v) is 6.27. The fourth-order valence-corrected chi connectivity index (χ4v) is 2.86. The SMILES string of the molecule is O=C(CCC(=O)c1ccccc1)Nc1cccc(-c2ccc3nncn3n2)c1. The highest BCUT2D eigenvalue weighted by Crippen LogP contribution is 2.21. The lowest BCUT2D eigenvalue weighted by atomic mass is 10.1. The van der Waals surface area contributed by atoms with Crippen LogP contribution in [0, 0.1) is 0 Å². The van der Waals surface area contributed by atoms with Gasteiger partial charge in [-0.3, -0.25) is 9.59 Å². The highest BCUT2D eigenvalue weighted by molar-refractivity contribution is 6.00. The van der Waals surface area contributed by atoms with Gasteiger partial charge in [-0.05, 0) is 24.3 Å². The summed E-state index contributed by atoms with van der Waals surface area (Å²) >= 11 is 0. The molecule has 2 heterocycles. The number of aromatic nitrogens is 4. The summed E-state index contributed by atoms with van der Waals surface area (Å²) in [5.41, 5.74) is 3.53. The molecule has 4 aromatic rings. The number of Topliss-reactive ketones (excluding diaryl/α,β-unsaturated/α-hetero) is 1. The van der Waals surface area contributed by atoms with Gasteiger partial charge in [0.15, 0.2) is 11.4 Å². The molecule has 0 spiro atoms. The molecule has 7 heteroatoms. The molecule has 0 aliphatic carbocycles. The van der Waals surface area contributed by atoms with Gasteiger partial charge in [-0.1, -0.05) is 42.5 Å². The zero-order chi connectivity index (χ0) is 19.3. The number of carbonyl (C=O) groups excluding carboxylic acids is 2. The molecule has 7 nitrogen and oxygen atoms in total. The minimum Gasteiger partial charge on any atom is -0.326 e. The Kier molecular flexibility index (Phi) is 4.88. The van der Waals surface area contributed by atoms with Gasteiger partial charge in [0, 0.05) is 29.7 Å². The highest BCUT2D eigenvalue weighted by atomic mass is 16.2. The molecule has 1 N–H and O–H groups in total. The maximum atomic E-state index is 12.2. The molecule has 0 bridgehead atoms. The molecular weight excluding hydrogens is 354 g/mol. The lowest BCUT2D eigenvalue weighted by Gasteiger charge is -2.07. The molecule has 2 aromatic carbocycles. The summed E-state index contributed by atoms with van der Waals surface area (Å²) in [5.74, 6) is -0.250. The van der Waals surface area contributed by atoms with Crippen LogP contribution in [0.15, 0.2) is 73.1 Å². The predicted octanol–water partition coefficient (Wildman–Crippen LogP) is 3.39. The number of ketones is 1. The normalized spacial score (nSPS) is 10.7. The number of rotatable bonds is 6. The molecule has 4 rings (SSSR count). The topological polar surface area (TPSA) is 89.2 Å². The zero-order valence-corrected chi connectivity index (χ0v) is 14.9. The molecule has 0 unspecified atom stereocenters. The Morgan fingerprint density at radius 3 is 2.64 bits per heavy atom. The first-order valence-electron chi connectivity index (χ1n) is 8.85. The van der Waals surface area contributed by atoms with Gasteiger partial charge in [0.05, 0.1) is 5.69 Å². The Morgan fingerprint density at radius 2 is 1.79 bits per heavy atom. The molecule has 0 saturated carbocycles. The number of hydrogen-bond donors (Lipinski definition) is 1. The van der Waals surface area contributed by atoms with Crippen molar-refractivity contribution in [3.63, 3.8) is 0 Å². The first-order chi connectivity index (χ1) is 13.7. The van der Waals surface area contributed by atoms with Crippen molar-refractivity contribution in [3.05, 3.63) is 78.6 Å². The summed E-state index contributed by atoms with van der Waals surface area (Å²) in [5, 5.41) is 15.0. The number of carbonyl (C=O) groups is 2. The average molecular weight is 371 g/mol. The van der Waals surface area contributed by atoms with Crippen LogP contribution in [0.3, 0.4) is 0 Å². The Morgan fingerprint density at radius 1 is 0.929 bits per heavy atom. The predicted molar refractivity (Wildman–Crippen MR) is 105 cm³/mol. The van der Waals surface area contributed by atoms with E-state index in [-0.39, 0.29) is 24.5 Å². The second-order valence-electron chi connectivity index (χ2n) is 6.27. The van der Waals surface area contributed by atoms with Crippen LogP contribution < -0.4 is 5.32 Å². The second kappa shape index (κ2) is 7.79. The molecule has 0 aliphatic heterocycles. The van der Waals surface area contributed by atoms with E-state index in [1.165, 1.54) is 6.33 Å². The fraction of sp³-hybridized carbons (Fsp3) is 0.0952. The molecule has 0 fully saturated rings. The van der Waals surface area contributed by atoms with Crippen LogP contribution in [0.5, 0.6) is 0 Å². The number of amides is 1. The van der Waals surface area contributed by atoms with Gasteiger partial charge in [0.2, 0.25) is 5.91 Å². The largest absolute Gasteiger partial charge is 0.326 e. The summed E-state index contributed by atoms with van der Waals surface area (Å²) in [4.78, 5) is 24.4. The summed E-state index contributed by atoms with van der Waals surface area (Å²) in [6.07, 6.45) is 1.83. The van der Waals surface area contributed by atoms with Crippen LogP contribution in [-0.2, 0) is 4.79 Å². The van der Waals surface area contributed by atoms with Crippen molar-refractivity contribution in [2.75, 3.05) is 5.32 Å². The van der Waals surface area contributed by atoms with Crippen molar-refractivity contribution in [2.45, 2.75) is 12.8 Å². The number of hydrogen-bond acceptors (Lipinski definition) is 5. The molecule has 28 heavy (non-hydrogen) atoms. The third-order valence-corrected chi connectivity index (χ3v) is 4.28. The molecule has 1 amide bonds. The molecule has 2 aromatic heterocycles. The maximum Gasteiger partial charge on any atom is 0.224 e. The van der Waals surface area contributed by atoms with Crippen molar-refractivity contribution < 1.29 is 9.59 Å². The van der Waals surface area contributed by atoms with Gasteiger partial charge in [-0.25, -0.2) is 0 Å². The van der Waals surface area contributed by atoms with Crippen molar-refractivity contribution >= 4 is 23.0 Å². The van der Waals surface area contributed by atoms with Crippen LogP contribution in [0.1, 0.15) is 23.2 Å². The molecule has 0 radical (unpaired) electrons. The van der Waals surface area contributed by atoms with E-state index >= 15 is 0 Å². The summed E-state index contributed by atoms with van der Waals surface area (Å²) in [6, 6.07) is 20.1. The Bertz CT molecular complexity index is 1140. The van der Waals surface area contributed by atoms with Gasteiger partial charge in [-0.2, -0.15) is 9.61 Å². The first-order valence-corrected chi connectivity index (χ1v) is 8.85. The Hall–Kier alpha value is -3.87. The number of nitrogens with one attached hydrogen (secondary N) is 1. The Balaban J connectivity index is 1.41. The van der Waals surface area contributed by atoms with E-state index in [2.05, 4.69) is 20.6 Å². The van der Waals surface area contributed by atoms with Gasteiger partial charge in [-0.15, -0.1) is 10.2 Å². The van der Waals surface area contributed by atoms with Crippen LogP contribution in [0.2, 0.25) is 0 Å². The first kappa shape index (κ1) is 17.5. The number of nitrogens with zero attached hydrogens (tertiary/aromatic N) is 4.